The molecule has 0 aliphatic heterocycles. The number of carbonyl (C=O) groups excluding carboxylic acids is 1. The van der Waals surface area contributed by atoms with Crippen LogP contribution in [0.25, 0.3) is 0 Å². The maximum Gasteiger partial charge on any atom is 0.234 e. The number of hydrogen-bond donors (Lipinski definition) is 1. The Hall–Kier alpha value is -0.920. The van der Waals surface area contributed by atoms with Gasteiger partial charge in [0.2, 0.25) is 5.91 Å². The van der Waals surface area contributed by atoms with Crippen LogP contribution in [0.1, 0.15) is 5.56 Å². The van der Waals surface area contributed by atoms with Crippen LogP contribution in [0.3, 0.4) is 0 Å². The van der Waals surface area contributed by atoms with Gasteiger partial charge in [0.1, 0.15) is 0 Å². The molecule has 0 aliphatic rings. The molecule has 0 saturated heterocycles. The van der Waals surface area contributed by atoms with Crippen molar-refractivity contribution in [1.29, 1.82) is 0 Å². The van der Waals surface area contributed by atoms with Crippen LogP contribution in [0, 0.1) is 6.92 Å². The second-order valence-corrected chi connectivity index (χ2v) is 6.62. The van der Waals surface area contributed by atoms with E-state index in [1.165, 1.54) is 11.8 Å². The zero-order chi connectivity index (χ0) is 14.5. The van der Waals surface area contributed by atoms with Crippen molar-refractivity contribution >= 4 is 55.2 Å². The number of aromatic nitrogens is 2. The van der Waals surface area contributed by atoms with Crippen molar-refractivity contribution in [2.75, 3.05) is 11.1 Å². The van der Waals surface area contributed by atoms with E-state index < -0.39 is 0 Å². The molecule has 0 saturated carbocycles. The number of nitrogens with zero attached hydrogens (tertiary/aromatic N) is 2. The Morgan fingerprint density at radius 1 is 1.25 bits per heavy atom. The van der Waals surface area contributed by atoms with Crippen molar-refractivity contribution in [2.24, 2.45) is 0 Å². The Kier molecular flexibility index (Phi) is 5.56. The normalized spacial score (nSPS) is 10.3. The molecule has 0 spiro atoms. The summed E-state index contributed by atoms with van der Waals surface area (Å²) in [6.45, 7) is 1.99. The van der Waals surface area contributed by atoms with E-state index in [2.05, 4.69) is 47.1 Å². The Morgan fingerprint density at radius 3 is 2.45 bits per heavy atom. The molecule has 0 atom stereocenters. The van der Waals surface area contributed by atoms with Gasteiger partial charge in [-0.2, -0.15) is 0 Å². The molecule has 0 aliphatic carbocycles. The van der Waals surface area contributed by atoms with E-state index in [0.717, 1.165) is 20.2 Å². The van der Waals surface area contributed by atoms with Crippen LogP contribution in [0.4, 0.5) is 5.69 Å². The average Bonchev–Trinajstić information content (AvgIpc) is 2.42. The van der Waals surface area contributed by atoms with Crippen LogP contribution in [-0.4, -0.2) is 21.6 Å². The third-order valence-corrected chi connectivity index (χ3v) is 4.45. The molecule has 0 unspecified atom stereocenters. The molecule has 1 N–H and O–H groups in total. The monoisotopic (exact) mass is 415 g/mol. The molecular weight excluding hydrogens is 406 g/mol. The van der Waals surface area contributed by atoms with E-state index in [0.29, 0.717) is 5.16 Å². The van der Waals surface area contributed by atoms with Gasteiger partial charge in [0.15, 0.2) is 5.16 Å². The number of carbonyl (C=O) groups is 1. The first-order valence-corrected chi connectivity index (χ1v) is 8.29. The van der Waals surface area contributed by atoms with E-state index in [9.17, 15) is 4.79 Å². The largest absolute Gasteiger partial charge is 0.323 e. The maximum absolute atomic E-state index is 11.9. The Bertz CT molecular complexity index is 599. The lowest BCUT2D eigenvalue weighted by atomic mass is 10.2. The van der Waals surface area contributed by atoms with Gasteiger partial charge >= 0.3 is 0 Å². The number of amides is 1. The van der Waals surface area contributed by atoms with Crippen LogP contribution < -0.4 is 5.32 Å². The predicted molar refractivity (Wildman–Crippen MR) is 88.0 cm³/mol. The van der Waals surface area contributed by atoms with Gasteiger partial charge in [-0.05, 0) is 62.5 Å². The fraction of sp³-hybridized carbons (Fsp3) is 0.154. The minimum absolute atomic E-state index is 0.104. The molecule has 1 aromatic carbocycles. The van der Waals surface area contributed by atoms with E-state index in [-0.39, 0.29) is 11.7 Å². The van der Waals surface area contributed by atoms with Crippen LogP contribution in [0.15, 0.2) is 44.7 Å². The summed E-state index contributed by atoms with van der Waals surface area (Å²) in [5.74, 6) is 0.157. The van der Waals surface area contributed by atoms with Crippen LogP contribution in [0.2, 0.25) is 0 Å². The third kappa shape index (κ3) is 4.29. The second kappa shape index (κ2) is 7.19. The third-order valence-electron chi connectivity index (χ3n) is 2.33. The highest BCUT2D eigenvalue weighted by molar-refractivity contribution is 9.11. The van der Waals surface area contributed by atoms with Gasteiger partial charge in [-0.3, -0.25) is 4.79 Å². The molecule has 2 rings (SSSR count). The minimum atomic E-state index is -0.104. The Labute approximate surface area is 138 Å². The number of anilines is 1. The number of halogens is 2. The van der Waals surface area contributed by atoms with Gasteiger partial charge in [0.25, 0.3) is 0 Å². The average molecular weight is 417 g/mol. The van der Waals surface area contributed by atoms with Gasteiger partial charge in [0, 0.05) is 21.3 Å². The predicted octanol–water partition coefficient (Wildman–Crippen LogP) is 4.04. The minimum Gasteiger partial charge on any atom is -0.323 e. The first-order chi connectivity index (χ1) is 9.56. The number of benzene rings is 1. The van der Waals surface area contributed by atoms with Gasteiger partial charge in [0.05, 0.1) is 11.4 Å². The molecule has 0 radical (unpaired) electrons. The standard InChI is InChI=1S/C13H11Br2N3OS/c1-8-5-9(14)12(10(15)6-8)18-11(19)7-20-13-16-3-2-4-17-13/h2-6H,7H2,1H3,(H,18,19). The summed E-state index contributed by atoms with van der Waals surface area (Å²) in [5, 5.41) is 3.45. The fourth-order valence-corrected chi connectivity index (χ4v) is 3.70. The van der Waals surface area contributed by atoms with Gasteiger partial charge in [-0.25, -0.2) is 9.97 Å². The topological polar surface area (TPSA) is 54.9 Å². The zero-order valence-electron chi connectivity index (χ0n) is 10.6. The van der Waals surface area contributed by atoms with E-state index in [4.69, 9.17) is 0 Å². The van der Waals surface area contributed by atoms with E-state index in [1.807, 2.05) is 19.1 Å². The summed E-state index contributed by atoms with van der Waals surface area (Å²) >= 11 is 8.19. The van der Waals surface area contributed by atoms with Crippen LogP contribution in [0.5, 0.6) is 0 Å². The smallest absolute Gasteiger partial charge is 0.234 e. The summed E-state index contributed by atoms with van der Waals surface area (Å²) in [7, 11) is 0. The van der Waals surface area contributed by atoms with Crippen molar-refractivity contribution in [1.82, 2.24) is 9.97 Å². The lowest BCUT2D eigenvalue weighted by Gasteiger charge is -2.10. The highest BCUT2D eigenvalue weighted by Crippen LogP contribution is 2.32. The molecule has 104 valence electrons. The van der Waals surface area contributed by atoms with Crippen molar-refractivity contribution < 1.29 is 4.79 Å². The Morgan fingerprint density at radius 2 is 1.85 bits per heavy atom. The van der Waals surface area contributed by atoms with Crippen molar-refractivity contribution in [3.8, 4) is 0 Å². The number of hydrogen-bond acceptors (Lipinski definition) is 4. The lowest BCUT2D eigenvalue weighted by molar-refractivity contribution is -0.113. The summed E-state index contributed by atoms with van der Waals surface area (Å²) in [4.78, 5) is 20.1. The molecular formula is C13H11Br2N3OS. The van der Waals surface area contributed by atoms with Crippen molar-refractivity contribution in [3.05, 3.63) is 45.1 Å². The molecule has 0 fully saturated rings. The van der Waals surface area contributed by atoms with E-state index >= 15 is 0 Å². The Balaban J connectivity index is 1.98. The number of thioether (sulfide) groups is 1. The zero-order valence-corrected chi connectivity index (χ0v) is 14.5. The highest BCUT2D eigenvalue weighted by atomic mass is 79.9. The molecule has 4 nitrogen and oxygen atoms in total. The molecule has 20 heavy (non-hydrogen) atoms. The van der Waals surface area contributed by atoms with Crippen LogP contribution in [-0.2, 0) is 4.79 Å². The highest BCUT2D eigenvalue weighted by Gasteiger charge is 2.11. The van der Waals surface area contributed by atoms with E-state index in [1.54, 1.807) is 18.5 Å². The quantitative estimate of drug-likeness (QED) is 0.603. The van der Waals surface area contributed by atoms with Crippen molar-refractivity contribution in [2.45, 2.75) is 12.1 Å². The fourth-order valence-electron chi connectivity index (χ4n) is 1.48. The molecule has 2 aromatic rings. The number of nitrogens with one attached hydrogen (secondary N) is 1. The lowest BCUT2D eigenvalue weighted by Crippen LogP contribution is -2.15. The number of aryl methyl sites for hydroxylation is 1. The van der Waals surface area contributed by atoms with Crippen LogP contribution >= 0.6 is 43.6 Å². The van der Waals surface area contributed by atoms with Gasteiger partial charge in [-0.15, -0.1) is 0 Å². The summed E-state index contributed by atoms with van der Waals surface area (Å²) < 4.78 is 1.69. The first-order valence-electron chi connectivity index (χ1n) is 5.71. The second-order valence-electron chi connectivity index (χ2n) is 3.97. The number of rotatable bonds is 4. The summed E-state index contributed by atoms with van der Waals surface area (Å²) in [5.41, 5.74) is 1.84. The van der Waals surface area contributed by atoms with Gasteiger partial charge < -0.3 is 5.32 Å². The first kappa shape index (κ1) is 15.5. The SMILES string of the molecule is Cc1cc(Br)c(NC(=O)CSc2ncccn2)c(Br)c1. The molecule has 1 heterocycles. The summed E-state index contributed by atoms with van der Waals surface area (Å²) in [6, 6.07) is 5.65. The molecule has 7 heteroatoms. The van der Waals surface area contributed by atoms with Gasteiger partial charge in [-0.1, -0.05) is 11.8 Å². The van der Waals surface area contributed by atoms with Crippen molar-refractivity contribution in [3.63, 3.8) is 0 Å². The molecule has 0 bridgehead atoms. The molecule has 1 amide bonds. The maximum atomic E-state index is 11.9. The summed E-state index contributed by atoms with van der Waals surface area (Å²) in [6.07, 6.45) is 3.31. The molecule has 1 aromatic heterocycles.